The highest BCUT2D eigenvalue weighted by Gasteiger charge is 2.23. The van der Waals surface area contributed by atoms with Gasteiger partial charge in [-0.1, -0.05) is 32.0 Å². The average molecular weight is 259 g/mol. The zero-order valence-corrected chi connectivity index (χ0v) is 11.0. The van der Waals surface area contributed by atoms with E-state index in [1.54, 1.807) is 18.2 Å². The summed E-state index contributed by atoms with van der Waals surface area (Å²) in [5.74, 6) is 0.447. The summed E-state index contributed by atoms with van der Waals surface area (Å²) in [5, 5.41) is 0. The molecule has 17 heavy (non-hydrogen) atoms. The smallest absolute Gasteiger partial charge is 0.205 e. The zero-order valence-electron chi connectivity index (χ0n) is 10.1. The number of rotatable bonds is 6. The highest BCUT2D eigenvalue weighted by molar-refractivity contribution is 7.89. The van der Waals surface area contributed by atoms with E-state index in [9.17, 15) is 12.9 Å². The molecule has 0 unspecified atom stereocenters. The Balaban J connectivity index is 2.65. The van der Waals surface area contributed by atoms with Crippen molar-refractivity contribution >= 4 is 10.0 Å². The first-order valence-electron chi connectivity index (χ1n) is 5.68. The van der Waals surface area contributed by atoms with Crippen molar-refractivity contribution in [1.82, 2.24) is 4.53 Å². The van der Waals surface area contributed by atoms with E-state index in [0.717, 1.165) is 6.42 Å². The van der Waals surface area contributed by atoms with Crippen LogP contribution in [-0.2, 0) is 10.0 Å². The monoisotopic (exact) mass is 259 g/mol. The van der Waals surface area contributed by atoms with Crippen LogP contribution in [0, 0.1) is 5.92 Å². The molecule has 0 amide bonds. The van der Waals surface area contributed by atoms with E-state index in [-0.39, 0.29) is 16.0 Å². The molecule has 0 atom stereocenters. The van der Waals surface area contributed by atoms with Crippen LogP contribution < -0.4 is 0 Å². The lowest BCUT2D eigenvalue weighted by molar-refractivity contribution is 0.134. The first-order valence-corrected chi connectivity index (χ1v) is 7.12. The summed E-state index contributed by atoms with van der Waals surface area (Å²) >= 11 is 0. The van der Waals surface area contributed by atoms with Crippen LogP contribution in [-0.4, -0.2) is 19.5 Å². The van der Waals surface area contributed by atoms with Crippen molar-refractivity contribution in [3.8, 4) is 0 Å². The molecule has 0 saturated heterocycles. The number of hydrogen-bond acceptors (Lipinski definition) is 2. The number of nitrogens with zero attached hydrogens (tertiary/aromatic N) is 1. The second kappa shape index (κ2) is 6.12. The third-order valence-corrected chi connectivity index (χ3v) is 3.99. The Labute approximate surface area is 102 Å². The van der Waals surface area contributed by atoms with Crippen LogP contribution in [0.4, 0.5) is 4.48 Å². The van der Waals surface area contributed by atoms with E-state index in [1.807, 2.05) is 13.8 Å². The number of hydrogen-bond donors (Lipinski definition) is 0. The third-order valence-electron chi connectivity index (χ3n) is 2.42. The Morgan fingerprint density at radius 1 is 1.24 bits per heavy atom. The predicted octanol–water partition coefficient (Wildman–Crippen LogP) is 3.00. The Hall–Kier alpha value is -0.940. The van der Waals surface area contributed by atoms with Gasteiger partial charge < -0.3 is 0 Å². The summed E-state index contributed by atoms with van der Waals surface area (Å²) in [5.41, 5.74) is 0. The lowest BCUT2D eigenvalue weighted by atomic mass is 10.1. The molecule has 1 aromatic rings. The Bertz CT molecular complexity index is 431. The molecule has 0 fully saturated rings. The molecule has 0 aliphatic carbocycles. The summed E-state index contributed by atoms with van der Waals surface area (Å²) < 4.78 is 37.0. The number of sulfonamides is 1. The Kier molecular flexibility index (Phi) is 5.08. The van der Waals surface area contributed by atoms with Gasteiger partial charge in [0.2, 0.25) is 0 Å². The number of benzene rings is 1. The summed E-state index contributed by atoms with van der Waals surface area (Å²) in [6, 6.07) is 7.64. The molecule has 0 radical (unpaired) electrons. The normalized spacial score (nSPS) is 12.3. The molecule has 0 aromatic heterocycles. The number of halogens is 1. The molecule has 96 valence electrons. The van der Waals surface area contributed by atoms with Gasteiger partial charge in [-0.3, -0.25) is 0 Å². The maximum Gasteiger partial charge on any atom is 0.269 e. The van der Waals surface area contributed by atoms with Crippen LogP contribution in [0.2, 0.25) is 0 Å². The van der Waals surface area contributed by atoms with Gasteiger partial charge >= 0.3 is 0 Å². The lowest BCUT2D eigenvalue weighted by Crippen LogP contribution is -2.24. The second-order valence-electron chi connectivity index (χ2n) is 4.37. The maximum atomic E-state index is 13.6. The van der Waals surface area contributed by atoms with Crippen molar-refractivity contribution in [2.45, 2.75) is 31.6 Å². The molecule has 0 aliphatic rings. The van der Waals surface area contributed by atoms with Gasteiger partial charge in [0.1, 0.15) is 0 Å². The van der Waals surface area contributed by atoms with Gasteiger partial charge in [-0.05, 0) is 35.4 Å². The first-order chi connectivity index (χ1) is 7.94. The molecule has 1 aromatic carbocycles. The van der Waals surface area contributed by atoms with Gasteiger partial charge in [0.15, 0.2) is 0 Å². The highest BCUT2D eigenvalue weighted by Crippen LogP contribution is 2.16. The van der Waals surface area contributed by atoms with Gasteiger partial charge in [0.05, 0.1) is 4.90 Å². The van der Waals surface area contributed by atoms with E-state index in [2.05, 4.69) is 0 Å². The molecule has 1 rings (SSSR count). The van der Waals surface area contributed by atoms with E-state index in [4.69, 9.17) is 0 Å². The fraction of sp³-hybridized carbons (Fsp3) is 0.500. The summed E-state index contributed by atoms with van der Waals surface area (Å²) in [7, 11) is -3.97. The van der Waals surface area contributed by atoms with Crippen molar-refractivity contribution in [2.24, 2.45) is 5.92 Å². The van der Waals surface area contributed by atoms with Gasteiger partial charge in [-0.2, -0.15) is 0 Å². The molecular weight excluding hydrogens is 241 g/mol. The fourth-order valence-electron chi connectivity index (χ4n) is 1.45. The summed E-state index contributed by atoms with van der Waals surface area (Å²) in [6.45, 7) is 3.96. The van der Waals surface area contributed by atoms with Crippen molar-refractivity contribution in [1.29, 1.82) is 0 Å². The van der Waals surface area contributed by atoms with E-state index < -0.39 is 10.0 Å². The fourth-order valence-corrected chi connectivity index (χ4v) is 2.55. The largest absolute Gasteiger partial charge is 0.269 e. The SMILES string of the molecule is CC(C)CCCN(F)S(=O)(=O)c1ccccc1. The van der Waals surface area contributed by atoms with Crippen LogP contribution in [0.3, 0.4) is 0 Å². The summed E-state index contributed by atoms with van der Waals surface area (Å²) in [6.07, 6.45) is 1.34. The molecule has 3 nitrogen and oxygen atoms in total. The molecule has 0 heterocycles. The minimum atomic E-state index is -3.97. The quantitative estimate of drug-likeness (QED) is 0.736. The van der Waals surface area contributed by atoms with Gasteiger partial charge in [-0.15, -0.1) is 4.48 Å². The van der Waals surface area contributed by atoms with Crippen LogP contribution in [0.1, 0.15) is 26.7 Å². The van der Waals surface area contributed by atoms with Gasteiger partial charge in [0.25, 0.3) is 10.0 Å². The maximum absolute atomic E-state index is 13.6. The molecule has 0 bridgehead atoms. The minimum Gasteiger partial charge on any atom is -0.205 e. The standard InChI is InChI=1S/C12H18FNO2S/c1-11(2)7-6-10-14(13)17(15,16)12-8-4-3-5-9-12/h3-5,8-9,11H,6-7,10H2,1-2H3. The topological polar surface area (TPSA) is 37.4 Å². The molecule has 5 heteroatoms. The Morgan fingerprint density at radius 2 is 1.82 bits per heavy atom. The third kappa shape index (κ3) is 4.09. The van der Waals surface area contributed by atoms with E-state index in [1.165, 1.54) is 12.1 Å². The van der Waals surface area contributed by atoms with Gasteiger partial charge in [-0.25, -0.2) is 8.42 Å². The Morgan fingerprint density at radius 3 is 2.35 bits per heavy atom. The van der Waals surface area contributed by atoms with Crippen LogP contribution in [0.15, 0.2) is 35.2 Å². The predicted molar refractivity (Wildman–Crippen MR) is 65.5 cm³/mol. The van der Waals surface area contributed by atoms with Crippen molar-refractivity contribution in [2.75, 3.05) is 6.54 Å². The second-order valence-corrected chi connectivity index (χ2v) is 6.18. The van der Waals surface area contributed by atoms with E-state index in [0.29, 0.717) is 12.3 Å². The lowest BCUT2D eigenvalue weighted by Gasteiger charge is -2.13. The van der Waals surface area contributed by atoms with Crippen molar-refractivity contribution in [3.05, 3.63) is 30.3 Å². The first kappa shape index (κ1) is 14.1. The van der Waals surface area contributed by atoms with Crippen molar-refractivity contribution in [3.63, 3.8) is 0 Å². The molecular formula is C12H18FNO2S. The van der Waals surface area contributed by atoms with Crippen molar-refractivity contribution < 1.29 is 12.9 Å². The summed E-state index contributed by atoms with van der Waals surface area (Å²) in [4.78, 5) is -0.00736. The molecule has 0 aliphatic heterocycles. The highest BCUT2D eigenvalue weighted by atomic mass is 32.2. The molecule has 0 saturated carbocycles. The van der Waals surface area contributed by atoms with Crippen LogP contribution in [0.5, 0.6) is 0 Å². The average Bonchev–Trinajstić information content (AvgIpc) is 2.29. The van der Waals surface area contributed by atoms with E-state index >= 15 is 0 Å². The molecule has 0 N–H and O–H groups in total. The van der Waals surface area contributed by atoms with Gasteiger partial charge in [0, 0.05) is 6.54 Å². The minimum absolute atomic E-state index is 0.00736. The van der Waals surface area contributed by atoms with Crippen LogP contribution in [0.25, 0.3) is 0 Å². The zero-order chi connectivity index (χ0) is 12.9. The van der Waals surface area contributed by atoms with Crippen LogP contribution >= 0.6 is 0 Å². The molecule has 0 spiro atoms.